The average Bonchev–Trinajstić information content (AvgIpc) is 2.97. The van der Waals surface area contributed by atoms with Crippen molar-refractivity contribution in [3.63, 3.8) is 0 Å². The van der Waals surface area contributed by atoms with E-state index in [-0.39, 0.29) is 0 Å². The van der Waals surface area contributed by atoms with Crippen molar-refractivity contribution in [1.82, 2.24) is 0 Å². The highest BCUT2D eigenvalue weighted by Gasteiger charge is 2.84. The average molecular weight is 264 g/mol. The van der Waals surface area contributed by atoms with Crippen LogP contribution < -0.4 is 0 Å². The van der Waals surface area contributed by atoms with Crippen LogP contribution in [0.25, 0.3) is 0 Å². The summed E-state index contributed by atoms with van der Waals surface area (Å²) in [7, 11) is 0. The Kier molecular flexibility index (Phi) is 1.54. The molecule has 0 spiro atoms. The van der Waals surface area contributed by atoms with E-state index in [9.17, 15) is 0 Å². The third kappa shape index (κ3) is 0.839. The van der Waals surface area contributed by atoms with Crippen molar-refractivity contribution in [1.29, 1.82) is 0 Å². The smallest absolute Gasteiger partial charge is 0.122 e. The number of halogens is 3. The summed E-state index contributed by atoms with van der Waals surface area (Å²) in [6.07, 6.45) is 9.20. The molecule has 82 valence electrons. The van der Waals surface area contributed by atoms with Gasteiger partial charge in [0.25, 0.3) is 0 Å². The van der Waals surface area contributed by atoms with E-state index in [1.165, 1.54) is 0 Å². The first-order chi connectivity index (χ1) is 7.05. The van der Waals surface area contributed by atoms with Crippen LogP contribution in [0.2, 0.25) is 0 Å². The van der Waals surface area contributed by atoms with Crippen molar-refractivity contribution < 1.29 is 0 Å². The normalized spacial score (nSPS) is 62.7. The van der Waals surface area contributed by atoms with Crippen molar-refractivity contribution in [2.45, 2.75) is 35.4 Å². The fourth-order valence-electron chi connectivity index (χ4n) is 4.46. The zero-order chi connectivity index (χ0) is 10.5. The molecule has 3 heteroatoms. The van der Waals surface area contributed by atoms with Crippen LogP contribution in [-0.2, 0) is 0 Å². The highest BCUT2D eigenvalue weighted by Crippen LogP contribution is 2.86. The van der Waals surface area contributed by atoms with Crippen LogP contribution >= 0.6 is 34.8 Å². The monoisotopic (exact) mass is 262 g/mol. The molecule has 15 heavy (non-hydrogen) atoms. The van der Waals surface area contributed by atoms with Gasteiger partial charge in [-0.3, -0.25) is 0 Å². The molecule has 1 unspecified atom stereocenters. The predicted octanol–water partition coefficient (Wildman–Crippen LogP) is 4.14. The molecule has 0 bridgehead atoms. The Morgan fingerprint density at radius 1 is 0.933 bits per heavy atom. The van der Waals surface area contributed by atoms with Crippen molar-refractivity contribution in [2.75, 3.05) is 0 Å². The number of alkyl halides is 3. The molecule has 0 aromatic heterocycles. The zero-order valence-corrected chi connectivity index (χ0v) is 10.6. The number of rotatable bonds is 0. The minimum Gasteiger partial charge on any atom is -0.122 e. The predicted molar refractivity (Wildman–Crippen MR) is 63.5 cm³/mol. The van der Waals surface area contributed by atoms with Crippen molar-refractivity contribution >= 4 is 34.8 Å². The van der Waals surface area contributed by atoms with Gasteiger partial charge in [-0.25, -0.2) is 0 Å². The van der Waals surface area contributed by atoms with Crippen molar-refractivity contribution in [2.24, 2.45) is 22.7 Å². The molecule has 0 aromatic rings. The van der Waals surface area contributed by atoms with Gasteiger partial charge in [-0.2, -0.15) is 0 Å². The summed E-state index contributed by atoms with van der Waals surface area (Å²) in [4.78, 5) is 0. The molecule has 0 N–H and O–H groups in total. The van der Waals surface area contributed by atoms with Crippen LogP contribution in [0, 0.1) is 22.7 Å². The maximum atomic E-state index is 6.56. The first-order valence-electron chi connectivity index (χ1n) is 5.71. The zero-order valence-electron chi connectivity index (χ0n) is 8.35. The van der Waals surface area contributed by atoms with Crippen LogP contribution in [0.1, 0.15) is 25.7 Å². The Balaban J connectivity index is 1.74. The molecular weight excluding hydrogens is 250 g/mol. The van der Waals surface area contributed by atoms with Crippen LogP contribution in [0.15, 0.2) is 12.2 Å². The summed E-state index contributed by atoms with van der Waals surface area (Å²) < 4.78 is -0.422. The largest absolute Gasteiger partial charge is 0.124 e. The Morgan fingerprint density at radius 3 is 1.87 bits per heavy atom. The molecule has 4 rings (SSSR count). The molecule has 0 amide bonds. The highest BCUT2D eigenvalue weighted by molar-refractivity contribution is 6.51. The highest BCUT2D eigenvalue weighted by atomic mass is 35.5. The molecule has 3 fully saturated rings. The van der Waals surface area contributed by atoms with E-state index < -0.39 is 4.33 Å². The second-order valence-electron chi connectivity index (χ2n) is 5.85. The van der Waals surface area contributed by atoms with Gasteiger partial charge in [0, 0.05) is 5.38 Å². The second-order valence-corrected chi connectivity index (χ2v) is 7.73. The fourth-order valence-corrected chi connectivity index (χ4v) is 5.98. The van der Waals surface area contributed by atoms with E-state index >= 15 is 0 Å². The topological polar surface area (TPSA) is 0 Å². The Hall–Kier alpha value is 0.610. The lowest BCUT2D eigenvalue weighted by Crippen LogP contribution is -2.22. The number of hydrogen-bond donors (Lipinski definition) is 0. The van der Waals surface area contributed by atoms with Gasteiger partial charge in [0.05, 0.1) is 0 Å². The lowest BCUT2D eigenvalue weighted by atomic mass is 9.73. The molecule has 0 radical (unpaired) electrons. The van der Waals surface area contributed by atoms with E-state index in [4.69, 9.17) is 34.8 Å². The lowest BCUT2D eigenvalue weighted by Gasteiger charge is -2.30. The molecule has 0 aromatic carbocycles. The molecule has 0 nitrogen and oxygen atoms in total. The summed E-state index contributed by atoms with van der Waals surface area (Å²) in [6.45, 7) is 0. The number of hydrogen-bond acceptors (Lipinski definition) is 0. The Labute approximate surface area is 105 Å². The maximum absolute atomic E-state index is 6.56. The van der Waals surface area contributed by atoms with Crippen LogP contribution in [0.5, 0.6) is 0 Å². The van der Waals surface area contributed by atoms with Crippen molar-refractivity contribution in [3.05, 3.63) is 12.2 Å². The molecule has 4 aliphatic rings. The summed E-state index contributed by atoms with van der Waals surface area (Å²) in [6, 6.07) is 0. The van der Waals surface area contributed by atoms with Crippen LogP contribution in [-0.4, -0.2) is 9.71 Å². The molecular formula is C12H13Cl3. The lowest BCUT2D eigenvalue weighted by molar-refractivity contribution is 0.221. The molecule has 0 aliphatic heterocycles. The third-order valence-corrected chi connectivity index (χ3v) is 7.50. The number of allylic oxidation sites excluding steroid dienone is 2. The second kappa shape index (κ2) is 2.40. The van der Waals surface area contributed by atoms with Gasteiger partial charge >= 0.3 is 0 Å². The Bertz CT molecular complexity index is 343. The van der Waals surface area contributed by atoms with Crippen molar-refractivity contribution in [3.8, 4) is 0 Å². The van der Waals surface area contributed by atoms with E-state index in [2.05, 4.69) is 12.2 Å². The maximum Gasteiger partial charge on any atom is 0.124 e. The van der Waals surface area contributed by atoms with E-state index in [1.807, 2.05) is 0 Å². The fraction of sp³-hybridized carbons (Fsp3) is 0.833. The van der Waals surface area contributed by atoms with Crippen LogP contribution in [0.3, 0.4) is 0 Å². The number of fused-ring (bicyclic) bond motifs is 1. The summed E-state index contributed by atoms with van der Waals surface area (Å²) >= 11 is 19.2. The van der Waals surface area contributed by atoms with Gasteiger partial charge in [0.2, 0.25) is 0 Å². The van der Waals surface area contributed by atoms with Gasteiger partial charge in [0.1, 0.15) is 4.33 Å². The van der Waals surface area contributed by atoms with E-state index in [0.29, 0.717) is 28.0 Å². The van der Waals surface area contributed by atoms with E-state index in [0.717, 1.165) is 25.7 Å². The molecule has 4 aliphatic carbocycles. The van der Waals surface area contributed by atoms with Crippen LogP contribution in [0.4, 0.5) is 0 Å². The van der Waals surface area contributed by atoms with Gasteiger partial charge in [-0.05, 0) is 48.3 Å². The van der Waals surface area contributed by atoms with Gasteiger partial charge in [0.15, 0.2) is 0 Å². The molecule has 3 saturated carbocycles. The minimum absolute atomic E-state index is 0.357. The van der Waals surface area contributed by atoms with E-state index in [1.54, 1.807) is 0 Å². The first kappa shape index (κ1) is 9.62. The molecule has 0 heterocycles. The SMILES string of the molecule is ClC1[C@@]23CC=CC[C@@]12C[C@H]1[C@@H](C3)C1(Cl)Cl. The molecule has 0 saturated heterocycles. The van der Waals surface area contributed by atoms with Gasteiger partial charge in [-0.15, -0.1) is 34.8 Å². The first-order valence-corrected chi connectivity index (χ1v) is 6.91. The standard InChI is InChI=1S/C12H13Cl3/c13-9-10-3-1-2-4-11(9,10)6-8-7(5-10)12(8,14)15/h1-2,7-9H,3-6H2/t7-,8+,9?,10+,11-. The summed E-state index contributed by atoms with van der Waals surface area (Å²) in [5, 5.41) is 0.372. The van der Waals surface area contributed by atoms with Gasteiger partial charge < -0.3 is 0 Å². The Morgan fingerprint density at radius 2 is 1.40 bits per heavy atom. The quantitative estimate of drug-likeness (QED) is 0.455. The molecule has 5 atom stereocenters. The third-order valence-electron chi connectivity index (χ3n) is 5.54. The summed E-state index contributed by atoms with van der Waals surface area (Å²) in [5.74, 6) is 1.04. The summed E-state index contributed by atoms with van der Waals surface area (Å²) in [5.41, 5.74) is 0.714. The van der Waals surface area contributed by atoms with Gasteiger partial charge in [-0.1, -0.05) is 12.2 Å². The minimum atomic E-state index is -0.422.